The van der Waals surface area contributed by atoms with E-state index in [4.69, 9.17) is 0 Å². The molecule has 0 aliphatic rings. The second-order valence-electron chi connectivity index (χ2n) is 5.33. The summed E-state index contributed by atoms with van der Waals surface area (Å²) in [5.74, 6) is 0. The molecule has 0 aliphatic carbocycles. The van der Waals surface area contributed by atoms with E-state index >= 15 is 0 Å². The summed E-state index contributed by atoms with van der Waals surface area (Å²) in [5, 5.41) is 14.3. The van der Waals surface area contributed by atoms with Crippen LogP contribution in [0.5, 0.6) is 0 Å². The predicted molar refractivity (Wildman–Crippen MR) is 84.3 cm³/mol. The van der Waals surface area contributed by atoms with Crippen LogP contribution in [-0.2, 0) is 6.54 Å². The Balaban J connectivity index is 2.10. The molecule has 0 aliphatic heterocycles. The van der Waals surface area contributed by atoms with Crippen LogP contribution in [0, 0.1) is 24.0 Å². The lowest BCUT2D eigenvalue weighted by Gasteiger charge is -2.16. The fourth-order valence-corrected chi connectivity index (χ4v) is 2.41. The summed E-state index contributed by atoms with van der Waals surface area (Å²) in [6.45, 7) is 6.97. The van der Waals surface area contributed by atoms with Crippen LogP contribution in [0.25, 0.3) is 0 Å². The normalized spacial score (nSPS) is 12.1. The molecule has 1 unspecified atom stereocenters. The van der Waals surface area contributed by atoms with E-state index in [0.29, 0.717) is 0 Å². The van der Waals surface area contributed by atoms with Gasteiger partial charge in [-0.3, -0.25) is 10.1 Å². The van der Waals surface area contributed by atoms with Gasteiger partial charge in [0, 0.05) is 24.7 Å². The van der Waals surface area contributed by atoms with Gasteiger partial charge in [-0.2, -0.15) is 0 Å². The van der Waals surface area contributed by atoms with Crippen molar-refractivity contribution < 1.29 is 4.92 Å². The summed E-state index contributed by atoms with van der Waals surface area (Å²) in [6, 6.07) is 13.1. The van der Waals surface area contributed by atoms with Gasteiger partial charge in [0.1, 0.15) is 0 Å². The summed E-state index contributed by atoms with van der Waals surface area (Å²) in [5.41, 5.74) is 4.86. The van der Waals surface area contributed by atoms with Crippen LogP contribution in [0.4, 0.5) is 5.69 Å². The van der Waals surface area contributed by atoms with Crippen molar-refractivity contribution in [3.63, 3.8) is 0 Å². The van der Waals surface area contributed by atoms with Crippen molar-refractivity contribution in [2.75, 3.05) is 0 Å². The van der Waals surface area contributed by atoms with Crippen LogP contribution in [0.3, 0.4) is 0 Å². The molecule has 0 spiro atoms. The number of nitrogens with zero attached hydrogens (tertiary/aromatic N) is 1. The molecule has 1 N–H and O–H groups in total. The quantitative estimate of drug-likeness (QED) is 0.665. The first-order chi connectivity index (χ1) is 9.99. The topological polar surface area (TPSA) is 55.2 Å². The molecule has 0 saturated carbocycles. The van der Waals surface area contributed by atoms with Gasteiger partial charge in [-0.1, -0.05) is 30.3 Å². The highest BCUT2D eigenvalue weighted by molar-refractivity contribution is 5.36. The summed E-state index contributed by atoms with van der Waals surface area (Å²) in [4.78, 5) is 10.5. The van der Waals surface area contributed by atoms with Crippen LogP contribution in [0.15, 0.2) is 42.5 Å². The Labute approximate surface area is 125 Å². The van der Waals surface area contributed by atoms with Crippen LogP contribution in [0.1, 0.15) is 35.2 Å². The fraction of sp³-hybridized carbons (Fsp3) is 0.294. The third-order valence-electron chi connectivity index (χ3n) is 3.81. The number of nitrogens with one attached hydrogen (secondary N) is 1. The molecule has 4 heteroatoms. The maximum atomic E-state index is 10.8. The highest BCUT2D eigenvalue weighted by Gasteiger charge is 2.11. The van der Waals surface area contributed by atoms with E-state index in [-0.39, 0.29) is 16.7 Å². The van der Waals surface area contributed by atoms with E-state index in [9.17, 15) is 10.1 Å². The molecule has 4 nitrogen and oxygen atoms in total. The van der Waals surface area contributed by atoms with Crippen molar-refractivity contribution in [3.05, 3.63) is 74.8 Å². The number of rotatable bonds is 5. The zero-order chi connectivity index (χ0) is 15.4. The molecule has 0 fully saturated rings. The third kappa shape index (κ3) is 3.67. The minimum absolute atomic E-state index is 0.0592. The van der Waals surface area contributed by atoms with Gasteiger partial charge in [0.05, 0.1) is 4.92 Å². The third-order valence-corrected chi connectivity index (χ3v) is 3.81. The lowest BCUT2D eigenvalue weighted by molar-refractivity contribution is -0.384. The molecule has 21 heavy (non-hydrogen) atoms. The second-order valence-corrected chi connectivity index (χ2v) is 5.33. The SMILES string of the molecule is Cc1cccc(C)c1CNC(C)c1cccc([N+](=O)[O-])c1. The summed E-state index contributed by atoms with van der Waals surface area (Å²) >= 11 is 0. The molecule has 0 bridgehead atoms. The molecule has 2 aromatic carbocycles. The molecule has 0 aromatic heterocycles. The smallest absolute Gasteiger partial charge is 0.269 e. The monoisotopic (exact) mass is 284 g/mol. The summed E-state index contributed by atoms with van der Waals surface area (Å²) < 4.78 is 0. The van der Waals surface area contributed by atoms with Crippen LogP contribution < -0.4 is 5.32 Å². The van der Waals surface area contributed by atoms with E-state index < -0.39 is 0 Å². The number of non-ortho nitro benzene ring substituents is 1. The molecule has 0 amide bonds. The Morgan fingerprint density at radius 2 is 1.76 bits per heavy atom. The number of hydrogen-bond donors (Lipinski definition) is 1. The number of nitro benzene ring substituents is 1. The number of nitro groups is 1. The molecule has 0 radical (unpaired) electrons. The van der Waals surface area contributed by atoms with E-state index in [0.717, 1.165) is 12.1 Å². The largest absolute Gasteiger partial charge is 0.306 e. The molecule has 110 valence electrons. The summed E-state index contributed by atoms with van der Waals surface area (Å²) in [6.07, 6.45) is 0. The fourth-order valence-electron chi connectivity index (χ4n) is 2.41. The van der Waals surface area contributed by atoms with Crippen LogP contribution >= 0.6 is 0 Å². The summed E-state index contributed by atoms with van der Waals surface area (Å²) in [7, 11) is 0. The van der Waals surface area contributed by atoms with E-state index in [1.165, 1.54) is 22.8 Å². The number of aryl methyl sites for hydroxylation is 2. The van der Waals surface area contributed by atoms with Crippen molar-refractivity contribution in [2.45, 2.75) is 33.4 Å². The average molecular weight is 284 g/mol. The van der Waals surface area contributed by atoms with Crippen LogP contribution in [-0.4, -0.2) is 4.92 Å². The highest BCUT2D eigenvalue weighted by Crippen LogP contribution is 2.20. The van der Waals surface area contributed by atoms with Crippen molar-refractivity contribution >= 4 is 5.69 Å². The maximum Gasteiger partial charge on any atom is 0.269 e. The molecular weight excluding hydrogens is 264 g/mol. The molecule has 0 heterocycles. The van der Waals surface area contributed by atoms with Crippen molar-refractivity contribution in [1.29, 1.82) is 0 Å². The first-order valence-corrected chi connectivity index (χ1v) is 7.02. The number of benzene rings is 2. The van der Waals surface area contributed by atoms with Gasteiger partial charge in [-0.05, 0) is 43.0 Å². The lowest BCUT2D eigenvalue weighted by atomic mass is 10.0. The first kappa shape index (κ1) is 15.2. The highest BCUT2D eigenvalue weighted by atomic mass is 16.6. The Bertz CT molecular complexity index is 633. The van der Waals surface area contributed by atoms with E-state index in [1.54, 1.807) is 12.1 Å². The molecule has 2 rings (SSSR count). The van der Waals surface area contributed by atoms with Crippen molar-refractivity contribution in [3.8, 4) is 0 Å². The minimum atomic E-state index is -0.359. The van der Waals surface area contributed by atoms with Crippen LogP contribution in [0.2, 0.25) is 0 Å². The Kier molecular flexibility index (Phi) is 4.70. The van der Waals surface area contributed by atoms with Gasteiger partial charge in [0.25, 0.3) is 5.69 Å². The van der Waals surface area contributed by atoms with Crippen molar-refractivity contribution in [2.24, 2.45) is 0 Å². The van der Waals surface area contributed by atoms with Gasteiger partial charge >= 0.3 is 0 Å². The lowest BCUT2D eigenvalue weighted by Crippen LogP contribution is -2.19. The van der Waals surface area contributed by atoms with Gasteiger partial charge in [-0.15, -0.1) is 0 Å². The minimum Gasteiger partial charge on any atom is -0.306 e. The first-order valence-electron chi connectivity index (χ1n) is 7.02. The molecule has 1 atom stereocenters. The Morgan fingerprint density at radius 3 is 2.38 bits per heavy atom. The van der Waals surface area contributed by atoms with E-state index in [2.05, 4.69) is 37.4 Å². The zero-order valence-corrected chi connectivity index (χ0v) is 12.6. The van der Waals surface area contributed by atoms with Gasteiger partial charge in [0.15, 0.2) is 0 Å². The van der Waals surface area contributed by atoms with Gasteiger partial charge < -0.3 is 5.32 Å². The van der Waals surface area contributed by atoms with Gasteiger partial charge in [0.2, 0.25) is 0 Å². The standard InChI is InChI=1S/C17H20N2O2/c1-12-6-4-7-13(2)17(12)11-18-14(3)15-8-5-9-16(10-15)19(20)21/h4-10,14,18H,11H2,1-3H3. The predicted octanol–water partition coefficient (Wildman–Crippen LogP) is 4.06. The second kappa shape index (κ2) is 6.50. The average Bonchev–Trinajstić information content (AvgIpc) is 2.46. The van der Waals surface area contributed by atoms with Gasteiger partial charge in [-0.25, -0.2) is 0 Å². The maximum absolute atomic E-state index is 10.8. The van der Waals surface area contributed by atoms with E-state index in [1.807, 2.05) is 13.0 Å². The molecule has 0 saturated heterocycles. The Hall–Kier alpha value is -2.20. The zero-order valence-electron chi connectivity index (χ0n) is 12.6. The van der Waals surface area contributed by atoms with Crippen molar-refractivity contribution in [1.82, 2.24) is 5.32 Å². The Morgan fingerprint density at radius 1 is 1.14 bits per heavy atom. The molecular formula is C17H20N2O2. The molecule has 2 aromatic rings. The number of hydrogen-bond acceptors (Lipinski definition) is 3.